The zero-order valence-electron chi connectivity index (χ0n) is 13.7. The molecule has 3 aromatic rings. The molecule has 3 rings (SSSR count). The molecule has 0 atom stereocenters. The molecule has 3 N–H and O–H groups in total. The number of hydrogen-bond acceptors (Lipinski definition) is 2. The van der Waals surface area contributed by atoms with E-state index >= 15 is 0 Å². The Balaban J connectivity index is 1.52. The van der Waals surface area contributed by atoms with Crippen molar-refractivity contribution in [1.82, 2.24) is 20.2 Å². The minimum Gasteiger partial charge on any atom is -0.351 e. The lowest BCUT2D eigenvalue weighted by molar-refractivity contribution is -0.120. The SMILES string of the molecule is Cc1ccc(CNC(=O)CNC(=O)c2cc3ccccc3[nH]2)n1C. The molecule has 0 saturated heterocycles. The number of aromatic nitrogens is 2. The van der Waals surface area contributed by atoms with Gasteiger partial charge in [-0.25, -0.2) is 0 Å². The molecule has 0 spiro atoms. The summed E-state index contributed by atoms with van der Waals surface area (Å²) in [6, 6.07) is 13.4. The lowest BCUT2D eigenvalue weighted by atomic mass is 10.2. The highest BCUT2D eigenvalue weighted by atomic mass is 16.2. The first-order chi connectivity index (χ1) is 11.5. The van der Waals surface area contributed by atoms with E-state index in [0.717, 1.165) is 22.3 Å². The van der Waals surface area contributed by atoms with Crippen molar-refractivity contribution in [1.29, 1.82) is 0 Å². The minimum absolute atomic E-state index is 0.0579. The van der Waals surface area contributed by atoms with E-state index < -0.39 is 0 Å². The van der Waals surface area contributed by atoms with Crippen LogP contribution in [0.3, 0.4) is 0 Å². The molecule has 6 heteroatoms. The fourth-order valence-electron chi connectivity index (χ4n) is 2.55. The van der Waals surface area contributed by atoms with Crippen molar-refractivity contribution in [3.8, 4) is 0 Å². The van der Waals surface area contributed by atoms with E-state index in [-0.39, 0.29) is 18.4 Å². The van der Waals surface area contributed by atoms with Crippen molar-refractivity contribution in [2.75, 3.05) is 6.54 Å². The van der Waals surface area contributed by atoms with Crippen molar-refractivity contribution in [3.05, 3.63) is 59.5 Å². The van der Waals surface area contributed by atoms with E-state index in [2.05, 4.69) is 15.6 Å². The summed E-state index contributed by atoms with van der Waals surface area (Å²) in [5.41, 5.74) is 3.49. The molecule has 2 amide bonds. The molecule has 0 saturated carbocycles. The van der Waals surface area contributed by atoms with E-state index in [9.17, 15) is 9.59 Å². The Bertz CT molecular complexity index is 858. The number of hydrogen-bond donors (Lipinski definition) is 3. The second-order valence-electron chi connectivity index (χ2n) is 5.75. The average molecular weight is 324 g/mol. The number of aromatic amines is 1. The Morgan fingerprint density at radius 3 is 2.62 bits per heavy atom. The summed E-state index contributed by atoms with van der Waals surface area (Å²) in [4.78, 5) is 27.1. The standard InChI is InChI=1S/C18H20N4O2/c1-12-7-8-14(22(12)2)10-19-17(23)11-20-18(24)16-9-13-5-3-4-6-15(13)21-16/h3-9,21H,10-11H2,1-2H3,(H,19,23)(H,20,24). The van der Waals surface area contributed by atoms with Gasteiger partial charge in [-0.05, 0) is 31.2 Å². The fraction of sp³-hybridized carbons (Fsp3) is 0.222. The fourth-order valence-corrected chi connectivity index (χ4v) is 2.55. The van der Waals surface area contributed by atoms with Gasteiger partial charge in [0, 0.05) is 29.3 Å². The lowest BCUT2D eigenvalue weighted by Crippen LogP contribution is -2.37. The predicted octanol–water partition coefficient (Wildman–Crippen LogP) is 1.86. The summed E-state index contributed by atoms with van der Waals surface area (Å²) in [7, 11) is 1.95. The van der Waals surface area contributed by atoms with Gasteiger partial charge in [0.1, 0.15) is 5.69 Å². The molecule has 24 heavy (non-hydrogen) atoms. The van der Waals surface area contributed by atoms with Crippen LogP contribution < -0.4 is 10.6 Å². The number of carbonyl (C=O) groups is 2. The number of nitrogens with zero attached hydrogens (tertiary/aromatic N) is 1. The van der Waals surface area contributed by atoms with Crippen LogP contribution in [0.2, 0.25) is 0 Å². The number of aryl methyl sites for hydroxylation is 1. The maximum absolute atomic E-state index is 12.1. The number of fused-ring (bicyclic) bond motifs is 1. The van der Waals surface area contributed by atoms with Crippen LogP contribution in [-0.4, -0.2) is 27.9 Å². The van der Waals surface area contributed by atoms with Gasteiger partial charge in [-0.2, -0.15) is 0 Å². The van der Waals surface area contributed by atoms with Gasteiger partial charge >= 0.3 is 0 Å². The molecule has 124 valence electrons. The highest BCUT2D eigenvalue weighted by molar-refractivity contribution is 5.99. The van der Waals surface area contributed by atoms with E-state index in [1.807, 2.05) is 54.9 Å². The van der Waals surface area contributed by atoms with Crippen LogP contribution in [0, 0.1) is 6.92 Å². The largest absolute Gasteiger partial charge is 0.351 e. The minimum atomic E-state index is -0.295. The van der Waals surface area contributed by atoms with E-state index in [1.54, 1.807) is 6.07 Å². The van der Waals surface area contributed by atoms with Gasteiger partial charge in [0.05, 0.1) is 13.1 Å². The van der Waals surface area contributed by atoms with Gasteiger partial charge in [-0.1, -0.05) is 18.2 Å². The van der Waals surface area contributed by atoms with E-state index in [0.29, 0.717) is 12.2 Å². The van der Waals surface area contributed by atoms with Crippen LogP contribution in [-0.2, 0) is 18.4 Å². The van der Waals surface area contributed by atoms with Crippen LogP contribution in [0.5, 0.6) is 0 Å². The summed E-state index contributed by atoms with van der Waals surface area (Å²) >= 11 is 0. The van der Waals surface area contributed by atoms with Crippen molar-refractivity contribution in [3.63, 3.8) is 0 Å². The average Bonchev–Trinajstić information content (AvgIpc) is 3.15. The van der Waals surface area contributed by atoms with Crippen molar-refractivity contribution in [2.45, 2.75) is 13.5 Å². The van der Waals surface area contributed by atoms with Gasteiger partial charge in [0.25, 0.3) is 5.91 Å². The predicted molar refractivity (Wildman–Crippen MR) is 92.6 cm³/mol. The third-order valence-electron chi connectivity index (χ3n) is 4.13. The van der Waals surface area contributed by atoms with Crippen molar-refractivity contribution < 1.29 is 9.59 Å². The van der Waals surface area contributed by atoms with Crippen LogP contribution in [0.25, 0.3) is 10.9 Å². The zero-order chi connectivity index (χ0) is 17.1. The number of carbonyl (C=O) groups excluding carboxylic acids is 2. The number of nitrogens with one attached hydrogen (secondary N) is 3. The molecule has 6 nitrogen and oxygen atoms in total. The topological polar surface area (TPSA) is 78.9 Å². The highest BCUT2D eigenvalue weighted by Crippen LogP contribution is 2.14. The smallest absolute Gasteiger partial charge is 0.268 e. The molecular formula is C18H20N4O2. The molecular weight excluding hydrogens is 304 g/mol. The van der Waals surface area contributed by atoms with E-state index in [4.69, 9.17) is 0 Å². The summed E-state index contributed by atoms with van der Waals surface area (Å²) in [5.74, 6) is -0.519. The molecule has 0 aliphatic heterocycles. The lowest BCUT2D eigenvalue weighted by Gasteiger charge is -2.08. The summed E-state index contributed by atoms with van der Waals surface area (Å²) < 4.78 is 2.02. The number of rotatable bonds is 5. The first-order valence-electron chi connectivity index (χ1n) is 7.78. The van der Waals surface area contributed by atoms with E-state index in [1.165, 1.54) is 0 Å². The van der Waals surface area contributed by atoms with Gasteiger partial charge in [0.15, 0.2) is 0 Å². The third-order valence-corrected chi connectivity index (χ3v) is 4.13. The maximum Gasteiger partial charge on any atom is 0.268 e. The Morgan fingerprint density at radius 2 is 1.92 bits per heavy atom. The summed E-state index contributed by atoms with van der Waals surface area (Å²) in [5, 5.41) is 6.39. The van der Waals surface area contributed by atoms with Crippen LogP contribution in [0.15, 0.2) is 42.5 Å². The molecule has 2 aromatic heterocycles. The number of amides is 2. The zero-order valence-corrected chi connectivity index (χ0v) is 13.7. The Hall–Kier alpha value is -3.02. The number of H-pyrrole nitrogens is 1. The van der Waals surface area contributed by atoms with Crippen LogP contribution >= 0.6 is 0 Å². The first-order valence-corrected chi connectivity index (χ1v) is 7.78. The quantitative estimate of drug-likeness (QED) is 0.670. The number of benzene rings is 1. The van der Waals surface area contributed by atoms with Crippen LogP contribution in [0.1, 0.15) is 21.9 Å². The molecule has 0 aliphatic rings. The summed E-state index contributed by atoms with van der Waals surface area (Å²) in [6.07, 6.45) is 0. The highest BCUT2D eigenvalue weighted by Gasteiger charge is 2.11. The molecule has 0 bridgehead atoms. The van der Waals surface area contributed by atoms with Crippen molar-refractivity contribution in [2.24, 2.45) is 7.05 Å². The van der Waals surface area contributed by atoms with Gasteiger partial charge in [-0.15, -0.1) is 0 Å². The molecule has 2 heterocycles. The first kappa shape index (κ1) is 15.9. The second kappa shape index (κ2) is 6.62. The molecule has 0 unspecified atom stereocenters. The second-order valence-corrected chi connectivity index (χ2v) is 5.75. The number of para-hydroxylation sites is 1. The summed E-state index contributed by atoms with van der Waals surface area (Å²) in [6.45, 7) is 2.38. The molecule has 0 aliphatic carbocycles. The Labute approximate surface area is 139 Å². The van der Waals surface area contributed by atoms with Crippen LogP contribution in [0.4, 0.5) is 0 Å². The Morgan fingerprint density at radius 1 is 1.12 bits per heavy atom. The molecule has 0 radical (unpaired) electrons. The normalized spacial score (nSPS) is 10.8. The third kappa shape index (κ3) is 3.32. The van der Waals surface area contributed by atoms with Gasteiger partial charge < -0.3 is 20.2 Å². The van der Waals surface area contributed by atoms with Crippen molar-refractivity contribution >= 4 is 22.7 Å². The van der Waals surface area contributed by atoms with Gasteiger partial charge in [-0.3, -0.25) is 9.59 Å². The maximum atomic E-state index is 12.1. The molecule has 0 fully saturated rings. The Kier molecular flexibility index (Phi) is 4.37. The monoisotopic (exact) mass is 324 g/mol. The van der Waals surface area contributed by atoms with Gasteiger partial charge in [0.2, 0.25) is 5.91 Å². The molecule has 1 aromatic carbocycles.